The van der Waals surface area contributed by atoms with Gasteiger partial charge in [0.15, 0.2) is 0 Å². The maximum absolute atomic E-state index is 11.0. The van der Waals surface area contributed by atoms with Crippen LogP contribution in [0.15, 0.2) is 0 Å². The molecule has 0 aliphatic heterocycles. The van der Waals surface area contributed by atoms with E-state index < -0.39 is 0 Å². The Morgan fingerprint density at radius 1 is 1.58 bits per heavy atom. The molecule has 2 atom stereocenters. The summed E-state index contributed by atoms with van der Waals surface area (Å²) in [4.78, 5) is 11.0. The minimum absolute atomic E-state index is 0.112. The maximum Gasteiger partial charge on any atom is 0.309 e. The summed E-state index contributed by atoms with van der Waals surface area (Å²) in [5.41, 5.74) is 5.31. The number of ether oxygens (including phenoxy) is 1. The van der Waals surface area contributed by atoms with Gasteiger partial charge in [-0.1, -0.05) is 6.92 Å². The van der Waals surface area contributed by atoms with Crippen molar-refractivity contribution in [1.29, 1.82) is 0 Å². The maximum atomic E-state index is 11.0. The van der Waals surface area contributed by atoms with Gasteiger partial charge < -0.3 is 15.8 Å². The minimum Gasteiger partial charge on any atom is -0.469 e. The van der Waals surface area contributed by atoms with Crippen molar-refractivity contribution < 1.29 is 9.53 Å². The van der Waals surface area contributed by atoms with Crippen LogP contribution in [0.2, 0.25) is 0 Å². The largest absolute Gasteiger partial charge is 0.469 e. The zero-order chi connectivity index (χ0) is 9.56. The Bertz CT molecular complexity index is 139. The molecule has 0 saturated carbocycles. The number of methoxy groups -OCH3 is 1. The second-order valence-corrected chi connectivity index (χ2v) is 2.84. The van der Waals surface area contributed by atoms with E-state index in [0.29, 0.717) is 6.54 Å². The van der Waals surface area contributed by atoms with E-state index in [1.807, 2.05) is 13.8 Å². The Hall–Kier alpha value is -0.610. The molecule has 0 amide bonds. The molecule has 0 aromatic rings. The Morgan fingerprint density at radius 3 is 2.58 bits per heavy atom. The highest BCUT2D eigenvalue weighted by atomic mass is 16.5. The third-order valence-electron chi connectivity index (χ3n) is 1.93. The number of carbonyl (C=O) groups is 1. The summed E-state index contributed by atoms with van der Waals surface area (Å²) in [7, 11) is 1.40. The van der Waals surface area contributed by atoms with Gasteiger partial charge >= 0.3 is 5.97 Å². The van der Waals surface area contributed by atoms with Gasteiger partial charge in [-0.15, -0.1) is 0 Å². The van der Waals surface area contributed by atoms with Crippen molar-refractivity contribution in [3.63, 3.8) is 0 Å². The van der Waals surface area contributed by atoms with Gasteiger partial charge in [0.25, 0.3) is 0 Å². The molecular weight excluding hydrogens is 156 g/mol. The molecule has 72 valence electrons. The normalized spacial score (nSPS) is 15.3. The molecule has 3 N–H and O–H groups in total. The molecule has 4 nitrogen and oxygen atoms in total. The van der Waals surface area contributed by atoms with E-state index in [1.54, 1.807) is 0 Å². The van der Waals surface area contributed by atoms with Gasteiger partial charge in [0.05, 0.1) is 13.0 Å². The number of carbonyl (C=O) groups excluding carboxylic acids is 1. The van der Waals surface area contributed by atoms with Gasteiger partial charge in [-0.05, 0) is 6.92 Å². The van der Waals surface area contributed by atoms with Crippen LogP contribution in [0.25, 0.3) is 0 Å². The van der Waals surface area contributed by atoms with Crippen molar-refractivity contribution in [3.8, 4) is 0 Å². The van der Waals surface area contributed by atoms with Crippen molar-refractivity contribution >= 4 is 5.97 Å². The number of hydrogen-bond acceptors (Lipinski definition) is 4. The SMILES string of the molecule is COC(=O)C(C)C(C)NCCN. The van der Waals surface area contributed by atoms with Crippen LogP contribution in [0.4, 0.5) is 0 Å². The standard InChI is InChI=1S/C8H18N2O2/c1-6(8(11)12-3)7(2)10-5-4-9/h6-7,10H,4-5,9H2,1-3H3. The summed E-state index contributed by atoms with van der Waals surface area (Å²) >= 11 is 0. The van der Waals surface area contributed by atoms with Gasteiger partial charge in [-0.3, -0.25) is 4.79 Å². The van der Waals surface area contributed by atoms with Crippen molar-refractivity contribution in [3.05, 3.63) is 0 Å². The molecule has 0 spiro atoms. The van der Waals surface area contributed by atoms with Crippen molar-refractivity contribution in [2.24, 2.45) is 11.7 Å². The minimum atomic E-state index is -0.188. The van der Waals surface area contributed by atoms with Crippen LogP contribution in [0.1, 0.15) is 13.8 Å². The lowest BCUT2D eigenvalue weighted by molar-refractivity contribution is -0.145. The Morgan fingerprint density at radius 2 is 2.17 bits per heavy atom. The van der Waals surface area contributed by atoms with E-state index in [-0.39, 0.29) is 17.9 Å². The van der Waals surface area contributed by atoms with E-state index in [2.05, 4.69) is 10.1 Å². The summed E-state index contributed by atoms with van der Waals surface area (Å²) in [6.45, 7) is 5.08. The zero-order valence-corrected chi connectivity index (χ0v) is 7.96. The molecule has 12 heavy (non-hydrogen) atoms. The van der Waals surface area contributed by atoms with Crippen LogP contribution in [-0.4, -0.2) is 32.2 Å². The van der Waals surface area contributed by atoms with Crippen LogP contribution < -0.4 is 11.1 Å². The van der Waals surface area contributed by atoms with Crippen molar-refractivity contribution in [2.75, 3.05) is 20.2 Å². The Kier molecular flexibility index (Phi) is 5.66. The fourth-order valence-corrected chi connectivity index (χ4v) is 0.878. The number of rotatable bonds is 5. The van der Waals surface area contributed by atoms with Crippen molar-refractivity contribution in [1.82, 2.24) is 5.32 Å². The molecule has 0 radical (unpaired) electrons. The van der Waals surface area contributed by atoms with E-state index >= 15 is 0 Å². The van der Waals surface area contributed by atoms with E-state index in [4.69, 9.17) is 5.73 Å². The molecule has 0 aromatic heterocycles. The summed E-state index contributed by atoms with van der Waals surface area (Å²) in [5.74, 6) is -0.312. The topological polar surface area (TPSA) is 64.3 Å². The molecule has 0 heterocycles. The fraction of sp³-hybridized carbons (Fsp3) is 0.875. The van der Waals surface area contributed by atoms with Crippen molar-refractivity contribution in [2.45, 2.75) is 19.9 Å². The second-order valence-electron chi connectivity index (χ2n) is 2.84. The van der Waals surface area contributed by atoms with E-state index in [1.165, 1.54) is 7.11 Å². The summed E-state index contributed by atoms with van der Waals surface area (Å²) in [6.07, 6.45) is 0. The first-order valence-corrected chi connectivity index (χ1v) is 4.14. The first kappa shape index (κ1) is 11.4. The van der Waals surface area contributed by atoms with Gasteiger partial charge in [0, 0.05) is 19.1 Å². The molecule has 0 fully saturated rings. The average molecular weight is 174 g/mol. The monoisotopic (exact) mass is 174 g/mol. The number of esters is 1. The predicted octanol–water partition coefficient (Wildman–Crippen LogP) is -0.268. The lowest BCUT2D eigenvalue weighted by atomic mass is 10.0. The van der Waals surface area contributed by atoms with Crippen LogP contribution in [0.3, 0.4) is 0 Å². The second kappa shape index (κ2) is 5.97. The fourth-order valence-electron chi connectivity index (χ4n) is 0.878. The first-order valence-electron chi connectivity index (χ1n) is 4.14. The smallest absolute Gasteiger partial charge is 0.309 e. The van der Waals surface area contributed by atoms with Crippen LogP contribution in [0, 0.1) is 5.92 Å². The molecule has 4 heteroatoms. The molecular formula is C8H18N2O2. The molecule has 0 saturated heterocycles. The highest BCUT2D eigenvalue weighted by Crippen LogP contribution is 2.03. The third kappa shape index (κ3) is 3.69. The third-order valence-corrected chi connectivity index (χ3v) is 1.93. The van der Waals surface area contributed by atoms with Crippen LogP contribution in [0.5, 0.6) is 0 Å². The van der Waals surface area contributed by atoms with Crippen LogP contribution >= 0.6 is 0 Å². The highest BCUT2D eigenvalue weighted by Gasteiger charge is 2.19. The quantitative estimate of drug-likeness (QED) is 0.563. The summed E-state index contributed by atoms with van der Waals surface area (Å²) in [6, 6.07) is 0.112. The Labute approximate surface area is 73.5 Å². The van der Waals surface area contributed by atoms with Gasteiger partial charge in [-0.2, -0.15) is 0 Å². The summed E-state index contributed by atoms with van der Waals surface area (Å²) in [5, 5.41) is 3.12. The molecule has 0 bridgehead atoms. The zero-order valence-electron chi connectivity index (χ0n) is 7.96. The molecule has 2 unspecified atom stereocenters. The lowest BCUT2D eigenvalue weighted by Crippen LogP contribution is -2.39. The van der Waals surface area contributed by atoms with Crippen LogP contribution in [-0.2, 0) is 9.53 Å². The lowest BCUT2D eigenvalue weighted by Gasteiger charge is -2.18. The van der Waals surface area contributed by atoms with E-state index in [0.717, 1.165) is 6.54 Å². The van der Waals surface area contributed by atoms with E-state index in [9.17, 15) is 4.79 Å². The Balaban J connectivity index is 3.75. The average Bonchev–Trinajstić information content (AvgIpc) is 2.11. The molecule has 0 aromatic carbocycles. The first-order chi connectivity index (χ1) is 5.63. The molecule has 0 aliphatic rings. The molecule has 0 aliphatic carbocycles. The predicted molar refractivity (Wildman–Crippen MR) is 47.7 cm³/mol. The number of nitrogens with one attached hydrogen (secondary N) is 1. The van der Waals surface area contributed by atoms with Gasteiger partial charge in [0.2, 0.25) is 0 Å². The summed E-state index contributed by atoms with van der Waals surface area (Å²) < 4.78 is 4.60. The molecule has 0 rings (SSSR count). The highest BCUT2D eigenvalue weighted by molar-refractivity contribution is 5.72. The van der Waals surface area contributed by atoms with Gasteiger partial charge in [-0.25, -0.2) is 0 Å². The number of nitrogens with two attached hydrogens (primary N) is 1. The van der Waals surface area contributed by atoms with Gasteiger partial charge in [0.1, 0.15) is 0 Å². The number of hydrogen-bond donors (Lipinski definition) is 2.